The topological polar surface area (TPSA) is 52.2 Å². The summed E-state index contributed by atoms with van der Waals surface area (Å²) in [5, 5.41) is 15.0. The summed E-state index contributed by atoms with van der Waals surface area (Å²) in [5.74, 6) is 0.363. The van der Waals surface area contributed by atoms with Crippen molar-refractivity contribution < 1.29 is 14.3 Å². The van der Waals surface area contributed by atoms with Gasteiger partial charge in [-0.1, -0.05) is 36.4 Å². The van der Waals surface area contributed by atoms with Gasteiger partial charge in [-0.25, -0.2) is 4.39 Å². The standard InChI is InChI=1S/C21H20FNO2/c22-16-7-2-1-4-13(16)20-18-12-9-8-11(10-12)17(18)14-5-3-6-15(21(24)25)19(14)23-20/h1-7,11-12,17-18,20,23H,8-10H2,(H,24,25)/p-1/t11-,12-,17+,18-,20+/m0/s1. The molecule has 128 valence electrons. The molecule has 5 atom stereocenters. The van der Waals surface area contributed by atoms with Crippen LogP contribution in [0.3, 0.4) is 0 Å². The number of anilines is 1. The van der Waals surface area contributed by atoms with Gasteiger partial charge in [0, 0.05) is 16.8 Å². The molecule has 0 aromatic heterocycles. The molecule has 4 heteroatoms. The van der Waals surface area contributed by atoms with Crippen LogP contribution in [-0.2, 0) is 0 Å². The summed E-state index contributed by atoms with van der Waals surface area (Å²) in [6.45, 7) is 0. The number of carboxylic acids is 1. The minimum Gasteiger partial charge on any atom is -0.545 e. The molecule has 2 saturated carbocycles. The zero-order valence-corrected chi connectivity index (χ0v) is 13.7. The molecule has 25 heavy (non-hydrogen) atoms. The molecule has 3 aliphatic rings. The normalized spacial score (nSPS) is 32.0. The average Bonchev–Trinajstić information content (AvgIpc) is 3.23. The Morgan fingerprint density at radius 1 is 1.04 bits per heavy atom. The van der Waals surface area contributed by atoms with E-state index in [-0.39, 0.29) is 17.4 Å². The maximum Gasteiger partial charge on any atom is 0.128 e. The van der Waals surface area contributed by atoms with Crippen LogP contribution < -0.4 is 10.4 Å². The third-order valence-electron chi connectivity index (χ3n) is 6.58. The van der Waals surface area contributed by atoms with Gasteiger partial charge < -0.3 is 15.2 Å². The predicted molar refractivity (Wildman–Crippen MR) is 90.6 cm³/mol. The van der Waals surface area contributed by atoms with Gasteiger partial charge in [0.05, 0.1) is 12.0 Å². The zero-order valence-electron chi connectivity index (χ0n) is 13.7. The lowest BCUT2D eigenvalue weighted by Gasteiger charge is -2.44. The highest BCUT2D eigenvalue weighted by Gasteiger charge is 2.54. The van der Waals surface area contributed by atoms with E-state index in [4.69, 9.17) is 0 Å². The van der Waals surface area contributed by atoms with Gasteiger partial charge in [-0.3, -0.25) is 0 Å². The first-order chi connectivity index (χ1) is 12.1. The molecule has 0 saturated heterocycles. The van der Waals surface area contributed by atoms with Crippen molar-refractivity contribution in [2.24, 2.45) is 17.8 Å². The number of para-hydroxylation sites is 1. The number of benzene rings is 2. The van der Waals surface area contributed by atoms with E-state index in [9.17, 15) is 14.3 Å². The summed E-state index contributed by atoms with van der Waals surface area (Å²) in [5.41, 5.74) is 2.53. The molecule has 2 aromatic rings. The number of carboxylic acid groups (broad SMARTS) is 1. The monoisotopic (exact) mass is 336 g/mol. The van der Waals surface area contributed by atoms with E-state index < -0.39 is 5.97 Å². The molecule has 3 nitrogen and oxygen atoms in total. The van der Waals surface area contributed by atoms with Gasteiger partial charge in [0.1, 0.15) is 5.82 Å². The van der Waals surface area contributed by atoms with Gasteiger partial charge >= 0.3 is 0 Å². The molecule has 1 N–H and O–H groups in total. The van der Waals surface area contributed by atoms with Crippen molar-refractivity contribution >= 4 is 11.7 Å². The maximum absolute atomic E-state index is 14.5. The summed E-state index contributed by atoms with van der Waals surface area (Å²) in [4.78, 5) is 11.6. The van der Waals surface area contributed by atoms with E-state index in [1.54, 1.807) is 18.2 Å². The van der Waals surface area contributed by atoms with Gasteiger partial charge in [0.2, 0.25) is 0 Å². The number of rotatable bonds is 2. The van der Waals surface area contributed by atoms with Crippen LogP contribution >= 0.6 is 0 Å². The molecule has 2 aliphatic carbocycles. The largest absolute Gasteiger partial charge is 0.545 e. The fraction of sp³-hybridized carbons (Fsp3) is 0.381. The maximum atomic E-state index is 14.5. The SMILES string of the molecule is O=C([O-])c1cccc2c1N[C@H](c1ccccc1F)[C@H]1[C@H]3CC[C@@H](C3)[C@H]21. The van der Waals surface area contributed by atoms with E-state index in [1.807, 2.05) is 18.2 Å². The molecular formula is C21H19FNO2-. The van der Waals surface area contributed by atoms with Crippen LogP contribution in [0.1, 0.15) is 52.7 Å². The number of carbonyl (C=O) groups excluding carboxylic acids is 1. The predicted octanol–water partition coefficient (Wildman–Crippen LogP) is 3.49. The number of hydrogen-bond donors (Lipinski definition) is 1. The number of fused-ring (bicyclic) bond motifs is 7. The van der Waals surface area contributed by atoms with Crippen LogP contribution in [0.4, 0.5) is 10.1 Å². The Bertz CT molecular complexity index is 865. The lowest BCUT2D eigenvalue weighted by molar-refractivity contribution is -0.254. The molecule has 1 aliphatic heterocycles. The number of carbonyl (C=O) groups is 1. The molecular weight excluding hydrogens is 317 g/mol. The van der Waals surface area contributed by atoms with Crippen molar-refractivity contribution in [1.82, 2.24) is 0 Å². The highest BCUT2D eigenvalue weighted by atomic mass is 19.1. The van der Waals surface area contributed by atoms with Gasteiger partial charge in [-0.05, 0) is 54.6 Å². The van der Waals surface area contributed by atoms with Crippen molar-refractivity contribution in [3.63, 3.8) is 0 Å². The Hall–Kier alpha value is -2.36. The smallest absolute Gasteiger partial charge is 0.128 e. The second-order valence-corrected chi connectivity index (χ2v) is 7.64. The van der Waals surface area contributed by atoms with E-state index in [0.29, 0.717) is 34.9 Å². The summed E-state index contributed by atoms with van der Waals surface area (Å²) in [7, 11) is 0. The van der Waals surface area contributed by atoms with Gasteiger partial charge in [0.15, 0.2) is 0 Å². The Labute approximate surface area is 145 Å². The summed E-state index contributed by atoms with van der Waals surface area (Å²) < 4.78 is 14.5. The molecule has 2 aromatic carbocycles. The summed E-state index contributed by atoms with van der Waals surface area (Å²) >= 11 is 0. The first kappa shape index (κ1) is 14.9. The number of aromatic carboxylic acids is 1. The Morgan fingerprint density at radius 2 is 1.80 bits per heavy atom. The molecule has 0 spiro atoms. The molecule has 0 unspecified atom stereocenters. The Balaban J connectivity index is 1.70. The molecule has 5 rings (SSSR count). The van der Waals surface area contributed by atoms with E-state index in [2.05, 4.69) is 5.32 Å². The molecule has 0 amide bonds. The zero-order chi connectivity index (χ0) is 17.1. The van der Waals surface area contributed by atoms with Crippen molar-refractivity contribution in [3.8, 4) is 0 Å². The first-order valence-electron chi connectivity index (χ1n) is 9.00. The third kappa shape index (κ3) is 2.06. The molecule has 2 bridgehead atoms. The van der Waals surface area contributed by atoms with Gasteiger partial charge in [-0.15, -0.1) is 0 Å². The Kier molecular flexibility index (Phi) is 3.18. The van der Waals surface area contributed by atoms with Crippen LogP contribution in [0.15, 0.2) is 42.5 Å². The Morgan fingerprint density at radius 3 is 2.60 bits per heavy atom. The lowest BCUT2D eigenvalue weighted by atomic mass is 9.67. The minimum atomic E-state index is -1.18. The lowest BCUT2D eigenvalue weighted by Crippen LogP contribution is -2.37. The minimum absolute atomic E-state index is 0.181. The van der Waals surface area contributed by atoms with Crippen LogP contribution in [0.5, 0.6) is 0 Å². The van der Waals surface area contributed by atoms with Crippen molar-refractivity contribution in [1.29, 1.82) is 0 Å². The van der Waals surface area contributed by atoms with Crippen LogP contribution in [0.2, 0.25) is 0 Å². The van der Waals surface area contributed by atoms with Crippen molar-refractivity contribution in [2.75, 3.05) is 5.32 Å². The quantitative estimate of drug-likeness (QED) is 0.913. The number of hydrogen-bond acceptors (Lipinski definition) is 3. The highest BCUT2D eigenvalue weighted by Crippen LogP contribution is 2.64. The van der Waals surface area contributed by atoms with Crippen LogP contribution in [-0.4, -0.2) is 5.97 Å². The summed E-state index contributed by atoms with van der Waals surface area (Å²) in [6, 6.07) is 12.1. The van der Waals surface area contributed by atoms with E-state index >= 15 is 0 Å². The first-order valence-corrected chi connectivity index (χ1v) is 9.00. The number of nitrogens with one attached hydrogen (secondary N) is 1. The number of halogens is 1. The summed E-state index contributed by atoms with van der Waals surface area (Å²) in [6.07, 6.45) is 3.54. The fourth-order valence-corrected chi connectivity index (χ4v) is 5.72. The molecule has 1 heterocycles. The van der Waals surface area contributed by atoms with Crippen molar-refractivity contribution in [3.05, 3.63) is 65.0 Å². The van der Waals surface area contributed by atoms with Crippen molar-refractivity contribution in [2.45, 2.75) is 31.2 Å². The van der Waals surface area contributed by atoms with Gasteiger partial charge in [0.25, 0.3) is 0 Å². The molecule has 2 fully saturated rings. The second-order valence-electron chi connectivity index (χ2n) is 7.64. The van der Waals surface area contributed by atoms with E-state index in [1.165, 1.54) is 18.9 Å². The highest BCUT2D eigenvalue weighted by molar-refractivity contribution is 5.94. The molecule has 0 radical (unpaired) electrons. The second kappa shape index (κ2) is 5.32. The fourth-order valence-electron chi connectivity index (χ4n) is 5.72. The average molecular weight is 336 g/mol. The van der Waals surface area contributed by atoms with Gasteiger partial charge in [-0.2, -0.15) is 0 Å². The van der Waals surface area contributed by atoms with Crippen LogP contribution in [0, 0.1) is 23.6 Å². The third-order valence-corrected chi connectivity index (χ3v) is 6.58. The van der Waals surface area contributed by atoms with Crippen LogP contribution in [0.25, 0.3) is 0 Å². The van der Waals surface area contributed by atoms with E-state index in [0.717, 1.165) is 12.0 Å².